The van der Waals surface area contributed by atoms with Crippen LogP contribution in [0, 0.1) is 6.58 Å². The monoisotopic (exact) mass is 233 g/mol. The van der Waals surface area contributed by atoms with Gasteiger partial charge in [-0.2, -0.15) is 0 Å². The number of rotatable bonds is 12. The highest BCUT2D eigenvalue weighted by molar-refractivity contribution is 5.07. The van der Waals surface area contributed by atoms with Crippen LogP contribution >= 0.6 is 0 Å². The second kappa shape index (κ2) is 15.2. The normalized spacial score (nSPS) is 11.6. The zero-order valence-corrected chi connectivity index (χ0v) is 11.5. The molecular weight excluding hydrogens is 204 g/mol. The summed E-state index contributed by atoms with van der Waals surface area (Å²) in [5.41, 5.74) is 0. The van der Waals surface area contributed by atoms with E-state index in [1.54, 1.807) is 6.08 Å². The Morgan fingerprint density at radius 1 is 0.706 bits per heavy atom. The van der Waals surface area contributed by atoms with Gasteiger partial charge in [-0.25, -0.2) is 0 Å². The summed E-state index contributed by atoms with van der Waals surface area (Å²) < 4.78 is 0. The average molecular weight is 233 g/mol. The first-order valence-electron chi connectivity index (χ1n) is 7.28. The third-order valence-corrected chi connectivity index (χ3v) is 2.94. The lowest BCUT2D eigenvalue weighted by Gasteiger charge is -2.00. The predicted octanol–water partition coefficient (Wildman–Crippen LogP) is 6.01. The van der Waals surface area contributed by atoms with Crippen LogP contribution in [0.4, 0.5) is 0 Å². The van der Waals surface area contributed by atoms with Crippen molar-refractivity contribution in [1.29, 1.82) is 0 Å². The van der Waals surface area contributed by atoms with E-state index in [2.05, 4.69) is 19.1 Å². The number of allylic oxidation sites excluding steroid dienone is 5. The molecule has 0 rings (SSSR count). The van der Waals surface area contributed by atoms with Gasteiger partial charge in [-0.15, -0.1) is 0 Å². The fourth-order valence-corrected chi connectivity index (χ4v) is 1.88. The van der Waals surface area contributed by atoms with E-state index in [0.29, 0.717) is 0 Å². The molecule has 17 heavy (non-hydrogen) atoms. The fourth-order valence-electron chi connectivity index (χ4n) is 1.88. The highest BCUT2D eigenvalue weighted by atomic mass is 14.0. The average Bonchev–Trinajstić information content (AvgIpc) is 2.35. The van der Waals surface area contributed by atoms with Crippen LogP contribution in [0.5, 0.6) is 0 Å². The van der Waals surface area contributed by atoms with Gasteiger partial charge < -0.3 is 0 Å². The van der Waals surface area contributed by atoms with Gasteiger partial charge in [0.15, 0.2) is 0 Å². The third kappa shape index (κ3) is 15.2. The SMILES string of the molecule is [CH]=C/C=C/C=C/CCCCCCCCCCC. The molecule has 1 radical (unpaired) electrons. The Bertz CT molecular complexity index is 198. The fraction of sp³-hybridized carbons (Fsp3) is 0.647. The minimum atomic E-state index is 1.20. The van der Waals surface area contributed by atoms with E-state index in [1.165, 1.54) is 64.2 Å². The van der Waals surface area contributed by atoms with Crippen molar-refractivity contribution in [3.05, 3.63) is 37.0 Å². The second-order valence-corrected chi connectivity index (χ2v) is 4.62. The summed E-state index contributed by atoms with van der Waals surface area (Å²) in [6.07, 6.45) is 23.5. The molecule has 0 heterocycles. The lowest BCUT2D eigenvalue weighted by Crippen LogP contribution is -1.80. The van der Waals surface area contributed by atoms with E-state index >= 15 is 0 Å². The van der Waals surface area contributed by atoms with Crippen LogP contribution in [-0.2, 0) is 0 Å². The number of hydrogen-bond donors (Lipinski definition) is 0. The molecule has 0 N–H and O–H groups in total. The van der Waals surface area contributed by atoms with Crippen molar-refractivity contribution < 1.29 is 0 Å². The molecule has 0 atom stereocenters. The van der Waals surface area contributed by atoms with E-state index in [0.717, 1.165) is 0 Å². The minimum Gasteiger partial charge on any atom is -0.0845 e. The largest absolute Gasteiger partial charge is 0.0845 e. The molecule has 0 aromatic carbocycles. The summed E-state index contributed by atoms with van der Waals surface area (Å²) in [5, 5.41) is 0. The zero-order chi connectivity index (χ0) is 12.6. The van der Waals surface area contributed by atoms with Gasteiger partial charge >= 0.3 is 0 Å². The summed E-state index contributed by atoms with van der Waals surface area (Å²) >= 11 is 0. The number of hydrogen-bond acceptors (Lipinski definition) is 0. The third-order valence-electron chi connectivity index (χ3n) is 2.94. The molecule has 0 aliphatic rings. The Labute approximate surface area is 109 Å². The van der Waals surface area contributed by atoms with Crippen LogP contribution in [-0.4, -0.2) is 0 Å². The van der Waals surface area contributed by atoms with Crippen LogP contribution in [0.25, 0.3) is 0 Å². The zero-order valence-electron chi connectivity index (χ0n) is 11.5. The molecule has 0 amide bonds. The first kappa shape index (κ1) is 16.2. The molecule has 0 bridgehead atoms. The van der Waals surface area contributed by atoms with Gasteiger partial charge in [0, 0.05) is 0 Å². The van der Waals surface area contributed by atoms with Crippen molar-refractivity contribution in [3.8, 4) is 0 Å². The van der Waals surface area contributed by atoms with Crippen LogP contribution in [0.2, 0.25) is 0 Å². The van der Waals surface area contributed by atoms with Crippen LogP contribution in [0.15, 0.2) is 30.4 Å². The van der Waals surface area contributed by atoms with E-state index in [-0.39, 0.29) is 0 Å². The minimum absolute atomic E-state index is 1.20. The van der Waals surface area contributed by atoms with E-state index in [1.807, 2.05) is 12.2 Å². The molecule has 0 aliphatic heterocycles. The molecule has 0 spiro atoms. The molecule has 0 heteroatoms. The maximum atomic E-state index is 5.22. The smallest absolute Gasteiger partial charge is 0.0348 e. The molecule has 0 saturated carbocycles. The predicted molar refractivity (Wildman–Crippen MR) is 79.0 cm³/mol. The topological polar surface area (TPSA) is 0 Å². The standard InChI is InChI=1S/C17H29/c1-3-5-7-9-11-13-15-17-16-14-12-10-8-6-4-2/h1,3,5,7,9,11H,4,6,8,10,12-17H2,2H3/b3-1?,7-5+,11-9+. The van der Waals surface area contributed by atoms with E-state index in [9.17, 15) is 0 Å². The lowest BCUT2D eigenvalue weighted by atomic mass is 10.1. The van der Waals surface area contributed by atoms with Crippen molar-refractivity contribution in [2.24, 2.45) is 0 Å². The first-order chi connectivity index (χ1) is 8.41. The molecule has 0 nitrogen and oxygen atoms in total. The Morgan fingerprint density at radius 2 is 1.29 bits per heavy atom. The number of unbranched alkanes of at least 4 members (excludes halogenated alkanes) is 9. The molecule has 0 unspecified atom stereocenters. The van der Waals surface area contributed by atoms with Gasteiger partial charge in [0.1, 0.15) is 0 Å². The highest BCUT2D eigenvalue weighted by Gasteiger charge is 1.90. The molecule has 0 aromatic heterocycles. The highest BCUT2D eigenvalue weighted by Crippen LogP contribution is 2.10. The van der Waals surface area contributed by atoms with Crippen LogP contribution in [0.3, 0.4) is 0 Å². The summed E-state index contributed by atoms with van der Waals surface area (Å²) in [7, 11) is 0. The first-order valence-corrected chi connectivity index (χ1v) is 7.28. The van der Waals surface area contributed by atoms with Crippen molar-refractivity contribution in [1.82, 2.24) is 0 Å². The molecule has 0 aromatic rings. The van der Waals surface area contributed by atoms with Crippen molar-refractivity contribution in [3.63, 3.8) is 0 Å². The summed E-state index contributed by atoms with van der Waals surface area (Å²) in [6, 6.07) is 0. The quantitative estimate of drug-likeness (QED) is 0.286. The van der Waals surface area contributed by atoms with Gasteiger partial charge in [-0.3, -0.25) is 0 Å². The van der Waals surface area contributed by atoms with Crippen molar-refractivity contribution in [2.75, 3.05) is 0 Å². The van der Waals surface area contributed by atoms with Gasteiger partial charge in [-0.1, -0.05) is 95.2 Å². The Hall–Kier alpha value is -0.780. The Balaban J connectivity index is 3.05. The molecule has 0 fully saturated rings. The molecular formula is C17H29. The summed E-state index contributed by atoms with van der Waals surface area (Å²) in [5.74, 6) is 0. The Kier molecular flexibility index (Phi) is 14.5. The maximum Gasteiger partial charge on any atom is -0.0348 e. The summed E-state index contributed by atoms with van der Waals surface area (Å²) in [4.78, 5) is 0. The summed E-state index contributed by atoms with van der Waals surface area (Å²) in [6.45, 7) is 7.49. The van der Waals surface area contributed by atoms with Crippen LogP contribution < -0.4 is 0 Å². The van der Waals surface area contributed by atoms with E-state index in [4.69, 9.17) is 6.58 Å². The Morgan fingerprint density at radius 3 is 1.88 bits per heavy atom. The lowest BCUT2D eigenvalue weighted by molar-refractivity contribution is 0.566. The van der Waals surface area contributed by atoms with Gasteiger partial charge in [0.05, 0.1) is 0 Å². The van der Waals surface area contributed by atoms with Crippen molar-refractivity contribution in [2.45, 2.75) is 71.1 Å². The van der Waals surface area contributed by atoms with Crippen molar-refractivity contribution >= 4 is 0 Å². The molecule has 97 valence electrons. The maximum absolute atomic E-state index is 5.22. The van der Waals surface area contributed by atoms with E-state index < -0.39 is 0 Å². The van der Waals surface area contributed by atoms with Crippen LogP contribution in [0.1, 0.15) is 71.1 Å². The molecule has 0 saturated heterocycles. The second-order valence-electron chi connectivity index (χ2n) is 4.62. The van der Waals surface area contributed by atoms with Gasteiger partial charge in [0.25, 0.3) is 0 Å². The molecule has 0 aliphatic carbocycles. The van der Waals surface area contributed by atoms with Gasteiger partial charge in [-0.05, 0) is 12.8 Å². The van der Waals surface area contributed by atoms with Gasteiger partial charge in [0.2, 0.25) is 0 Å².